The zero-order valence-electron chi connectivity index (χ0n) is 11.9. The van der Waals surface area contributed by atoms with Crippen molar-refractivity contribution >= 4 is 17.4 Å². The fourth-order valence-corrected chi connectivity index (χ4v) is 2.76. The molecule has 110 valence electrons. The summed E-state index contributed by atoms with van der Waals surface area (Å²) < 4.78 is 0. The molecule has 1 N–H and O–H groups in total. The number of likely N-dealkylation sites (tertiary alicyclic amines) is 1. The lowest BCUT2D eigenvalue weighted by Gasteiger charge is -2.15. The maximum atomic E-state index is 6.10. The molecule has 5 heteroatoms. The highest BCUT2D eigenvalue weighted by Crippen LogP contribution is 2.19. The number of nitrogens with zero attached hydrogens (tertiary/aromatic N) is 3. The van der Waals surface area contributed by atoms with Crippen molar-refractivity contribution in [2.45, 2.75) is 12.8 Å². The first-order valence-electron chi connectivity index (χ1n) is 7.37. The number of aromatic nitrogens is 2. The van der Waals surface area contributed by atoms with Crippen LogP contribution < -0.4 is 5.32 Å². The standard InChI is InChI=1S/C16H19ClN4/c17-14-12-15(18-8-11-21-9-4-5-10-21)20-16(19-14)13-6-2-1-3-7-13/h1-3,6-7,12H,4-5,8-11H2,(H,18,19,20). The van der Waals surface area contributed by atoms with Crippen LogP contribution in [0.15, 0.2) is 36.4 Å². The van der Waals surface area contributed by atoms with Gasteiger partial charge in [-0.25, -0.2) is 9.97 Å². The Kier molecular flexibility index (Phi) is 4.68. The fourth-order valence-electron chi connectivity index (χ4n) is 2.57. The van der Waals surface area contributed by atoms with E-state index >= 15 is 0 Å². The van der Waals surface area contributed by atoms with Gasteiger partial charge in [0.15, 0.2) is 5.82 Å². The molecule has 1 fully saturated rings. The van der Waals surface area contributed by atoms with Crippen molar-refractivity contribution in [3.63, 3.8) is 0 Å². The Morgan fingerprint density at radius 2 is 1.86 bits per heavy atom. The molecule has 0 amide bonds. The van der Waals surface area contributed by atoms with Gasteiger partial charge in [0.25, 0.3) is 0 Å². The van der Waals surface area contributed by atoms with E-state index in [0.29, 0.717) is 11.0 Å². The average molecular weight is 303 g/mol. The Bertz CT molecular complexity index is 582. The van der Waals surface area contributed by atoms with Gasteiger partial charge in [-0.3, -0.25) is 0 Å². The minimum absolute atomic E-state index is 0.465. The molecule has 0 radical (unpaired) electrons. The summed E-state index contributed by atoms with van der Waals surface area (Å²) in [5.74, 6) is 1.44. The molecule has 1 aliphatic rings. The number of hydrogen-bond donors (Lipinski definition) is 1. The van der Waals surface area contributed by atoms with E-state index in [2.05, 4.69) is 20.2 Å². The summed E-state index contributed by atoms with van der Waals surface area (Å²) in [6.45, 7) is 4.34. The normalized spacial score (nSPS) is 15.3. The van der Waals surface area contributed by atoms with Crippen molar-refractivity contribution in [3.05, 3.63) is 41.6 Å². The summed E-state index contributed by atoms with van der Waals surface area (Å²) in [4.78, 5) is 11.3. The van der Waals surface area contributed by atoms with Crippen molar-refractivity contribution in [1.29, 1.82) is 0 Å². The van der Waals surface area contributed by atoms with Gasteiger partial charge in [-0.05, 0) is 25.9 Å². The van der Waals surface area contributed by atoms with E-state index in [1.807, 2.05) is 30.3 Å². The Balaban J connectivity index is 1.66. The lowest BCUT2D eigenvalue weighted by molar-refractivity contribution is 0.352. The van der Waals surface area contributed by atoms with Crippen molar-refractivity contribution < 1.29 is 0 Å². The SMILES string of the molecule is Clc1cc(NCCN2CCCC2)nc(-c2ccccc2)n1. The molecule has 1 aliphatic heterocycles. The summed E-state index contributed by atoms with van der Waals surface area (Å²) in [6.07, 6.45) is 2.63. The van der Waals surface area contributed by atoms with E-state index < -0.39 is 0 Å². The van der Waals surface area contributed by atoms with Crippen LogP contribution in [-0.2, 0) is 0 Å². The molecular formula is C16H19ClN4. The summed E-state index contributed by atoms with van der Waals surface area (Å²) >= 11 is 6.10. The van der Waals surface area contributed by atoms with Crippen LogP contribution in [-0.4, -0.2) is 41.0 Å². The Hall–Kier alpha value is -1.65. The number of anilines is 1. The monoisotopic (exact) mass is 302 g/mol. The molecule has 2 heterocycles. The molecule has 0 spiro atoms. The molecule has 4 nitrogen and oxygen atoms in total. The molecule has 0 atom stereocenters. The Morgan fingerprint density at radius 3 is 2.62 bits per heavy atom. The van der Waals surface area contributed by atoms with Crippen molar-refractivity contribution in [3.8, 4) is 11.4 Å². The molecule has 0 bridgehead atoms. The topological polar surface area (TPSA) is 41.0 Å². The Morgan fingerprint density at radius 1 is 1.10 bits per heavy atom. The second-order valence-electron chi connectivity index (χ2n) is 5.24. The molecule has 3 rings (SSSR count). The van der Waals surface area contributed by atoms with Crippen LogP contribution in [0.4, 0.5) is 5.82 Å². The maximum absolute atomic E-state index is 6.10. The number of halogens is 1. The zero-order chi connectivity index (χ0) is 14.5. The number of rotatable bonds is 5. The molecule has 0 saturated carbocycles. The van der Waals surface area contributed by atoms with E-state index in [4.69, 9.17) is 11.6 Å². The van der Waals surface area contributed by atoms with Gasteiger partial charge < -0.3 is 10.2 Å². The van der Waals surface area contributed by atoms with Crippen LogP contribution in [0.5, 0.6) is 0 Å². The number of nitrogens with one attached hydrogen (secondary N) is 1. The first-order chi connectivity index (χ1) is 10.3. The highest BCUT2D eigenvalue weighted by Gasteiger charge is 2.11. The van der Waals surface area contributed by atoms with Gasteiger partial charge >= 0.3 is 0 Å². The summed E-state index contributed by atoms with van der Waals surface area (Å²) in [5, 5.41) is 3.81. The van der Waals surface area contributed by atoms with E-state index in [1.54, 1.807) is 6.07 Å². The molecule has 0 aliphatic carbocycles. The van der Waals surface area contributed by atoms with Gasteiger partial charge in [-0.2, -0.15) is 0 Å². The predicted octanol–water partition coefficient (Wildman–Crippen LogP) is 3.30. The quantitative estimate of drug-likeness (QED) is 0.860. The highest BCUT2D eigenvalue weighted by atomic mass is 35.5. The van der Waals surface area contributed by atoms with Crippen molar-refractivity contribution in [1.82, 2.24) is 14.9 Å². The smallest absolute Gasteiger partial charge is 0.163 e. The maximum Gasteiger partial charge on any atom is 0.163 e. The van der Waals surface area contributed by atoms with Gasteiger partial charge in [-0.15, -0.1) is 0 Å². The number of hydrogen-bond acceptors (Lipinski definition) is 4. The van der Waals surface area contributed by atoms with E-state index in [1.165, 1.54) is 25.9 Å². The van der Waals surface area contributed by atoms with Gasteiger partial charge in [0.05, 0.1) is 0 Å². The van der Waals surface area contributed by atoms with Crippen LogP contribution in [0.3, 0.4) is 0 Å². The van der Waals surface area contributed by atoms with E-state index in [0.717, 1.165) is 24.5 Å². The van der Waals surface area contributed by atoms with Crippen LogP contribution >= 0.6 is 11.6 Å². The third-order valence-corrected chi connectivity index (χ3v) is 3.85. The number of benzene rings is 1. The molecule has 2 aromatic rings. The van der Waals surface area contributed by atoms with Gasteiger partial charge in [0, 0.05) is 24.7 Å². The summed E-state index contributed by atoms with van der Waals surface area (Å²) in [7, 11) is 0. The average Bonchev–Trinajstić information content (AvgIpc) is 3.01. The van der Waals surface area contributed by atoms with Gasteiger partial charge in [-0.1, -0.05) is 41.9 Å². The molecule has 0 unspecified atom stereocenters. The van der Waals surface area contributed by atoms with Gasteiger partial charge in [0.2, 0.25) is 0 Å². The van der Waals surface area contributed by atoms with Crippen molar-refractivity contribution in [2.75, 3.05) is 31.5 Å². The van der Waals surface area contributed by atoms with Crippen molar-refractivity contribution in [2.24, 2.45) is 0 Å². The zero-order valence-corrected chi connectivity index (χ0v) is 12.7. The first kappa shape index (κ1) is 14.3. The predicted molar refractivity (Wildman–Crippen MR) is 86.6 cm³/mol. The lowest BCUT2D eigenvalue weighted by Crippen LogP contribution is -2.26. The summed E-state index contributed by atoms with van der Waals surface area (Å²) in [5.41, 5.74) is 0.975. The third-order valence-electron chi connectivity index (χ3n) is 3.66. The van der Waals surface area contributed by atoms with Crippen LogP contribution in [0.1, 0.15) is 12.8 Å². The van der Waals surface area contributed by atoms with Crippen LogP contribution in [0.2, 0.25) is 5.15 Å². The second-order valence-corrected chi connectivity index (χ2v) is 5.63. The highest BCUT2D eigenvalue weighted by molar-refractivity contribution is 6.29. The molecular weight excluding hydrogens is 284 g/mol. The fraction of sp³-hybridized carbons (Fsp3) is 0.375. The van der Waals surface area contributed by atoms with Gasteiger partial charge in [0.1, 0.15) is 11.0 Å². The van der Waals surface area contributed by atoms with E-state index in [-0.39, 0.29) is 0 Å². The largest absolute Gasteiger partial charge is 0.369 e. The molecule has 1 saturated heterocycles. The molecule has 1 aromatic heterocycles. The molecule has 1 aromatic carbocycles. The van der Waals surface area contributed by atoms with E-state index in [9.17, 15) is 0 Å². The minimum atomic E-state index is 0.465. The summed E-state index contributed by atoms with van der Waals surface area (Å²) in [6, 6.07) is 11.7. The first-order valence-corrected chi connectivity index (χ1v) is 7.75. The van der Waals surface area contributed by atoms with Crippen LogP contribution in [0, 0.1) is 0 Å². The Labute approximate surface area is 130 Å². The van der Waals surface area contributed by atoms with Crippen LogP contribution in [0.25, 0.3) is 11.4 Å². The minimum Gasteiger partial charge on any atom is -0.369 e. The molecule has 21 heavy (non-hydrogen) atoms. The lowest BCUT2D eigenvalue weighted by atomic mass is 10.2. The second kappa shape index (κ2) is 6.87. The third kappa shape index (κ3) is 3.93.